The van der Waals surface area contributed by atoms with E-state index in [1.165, 1.54) is 0 Å². The number of carbonyl (C=O) groups excluding carboxylic acids is 1. The number of hydrogen-bond acceptors (Lipinski definition) is 4. The zero-order chi connectivity index (χ0) is 36.5. The highest BCUT2D eigenvalue weighted by molar-refractivity contribution is 6.02. The first-order valence-corrected chi connectivity index (χ1v) is 8.20. The Bertz CT molecular complexity index is 1620. The molecule has 1 aliphatic heterocycles. The SMILES string of the molecule is [2H]c1c([2H])c([2H])c(CN2C([2H])([2H])C([2H])([2H])C([2H])(C([2H])([2H])C3([2H])C(=O)c4cc(OC)c(OC)cc4C3([2H])[2H])C([2H])([2H])C2([2H])[2H])c([2H])c1[2H]. The van der Waals surface area contributed by atoms with Gasteiger partial charge in [-0.05, 0) is 67.6 Å². The van der Waals surface area contributed by atoms with Crippen molar-refractivity contribution in [1.29, 1.82) is 0 Å². The van der Waals surface area contributed by atoms with E-state index in [4.69, 9.17) is 35.5 Å². The van der Waals surface area contributed by atoms with Crippen molar-refractivity contribution in [3.8, 4) is 11.5 Å². The van der Waals surface area contributed by atoms with Gasteiger partial charge >= 0.3 is 0 Å². The number of hydrogen-bond donors (Lipinski definition) is 0. The van der Waals surface area contributed by atoms with Crippen molar-refractivity contribution in [2.75, 3.05) is 27.2 Å². The van der Waals surface area contributed by atoms with Crippen LogP contribution in [0, 0.1) is 11.8 Å². The number of fused-ring (bicyclic) bond motifs is 1. The number of ketones is 1. The first-order chi connectivity index (χ1) is 21.0. The summed E-state index contributed by atoms with van der Waals surface area (Å²) in [7, 11) is 2.32. The maximum atomic E-state index is 13.9. The Morgan fingerprint density at radius 2 is 1.86 bits per heavy atom. The standard InChI is InChI=1S/C24H29NO3/c1-27-22-14-19-13-20(24(26)21(19)15-23(22)28-2)12-17-8-10-25(11-9-17)16-18-6-4-3-5-7-18/h3-7,14-15,17,20H,8-13,16H2,1-2H3/i3D,4D,5D,6D,7D,8D2,9D2,10D2,11D2,12D2,13D2,17D,20D. The van der Waals surface area contributed by atoms with Crippen LogP contribution in [0.25, 0.3) is 0 Å². The fraction of sp³-hybridized carbons (Fsp3) is 0.458. The molecule has 148 valence electrons. The Balaban J connectivity index is 2.00. The van der Waals surface area contributed by atoms with Gasteiger partial charge in [-0.3, -0.25) is 9.69 Å². The molecule has 2 aromatic rings. The summed E-state index contributed by atoms with van der Waals surface area (Å²) in [4.78, 5) is 13.7. The molecule has 0 aromatic heterocycles. The number of carbonyl (C=O) groups is 1. The lowest BCUT2D eigenvalue weighted by Crippen LogP contribution is -2.34. The van der Waals surface area contributed by atoms with E-state index in [0.717, 1.165) is 26.4 Å². The van der Waals surface area contributed by atoms with Crippen molar-refractivity contribution in [1.82, 2.24) is 4.90 Å². The number of methoxy groups -OCH3 is 2. The summed E-state index contributed by atoms with van der Waals surface area (Å²) in [5.41, 5.74) is -2.08. The monoisotopic (exact) mass is 398 g/mol. The molecule has 4 rings (SSSR count). The number of Topliss-reactive ketones (excluding diaryl/α,β-unsaturated/α-hetero) is 1. The van der Waals surface area contributed by atoms with E-state index in [0.29, 0.717) is 0 Å². The lowest BCUT2D eigenvalue weighted by atomic mass is 9.85. The van der Waals surface area contributed by atoms with Gasteiger partial charge in [0.1, 0.15) is 0 Å². The first kappa shape index (κ1) is 6.88. The van der Waals surface area contributed by atoms with Gasteiger partial charge < -0.3 is 9.47 Å². The summed E-state index contributed by atoms with van der Waals surface area (Å²) in [6.07, 6.45) is -16.4. The molecule has 4 nitrogen and oxygen atoms in total. The predicted molar refractivity (Wildman–Crippen MR) is 110 cm³/mol. The first-order valence-electron chi connectivity index (χ1n) is 17.7. The fourth-order valence-electron chi connectivity index (χ4n) is 2.67. The Morgan fingerprint density at radius 1 is 1.18 bits per heavy atom. The van der Waals surface area contributed by atoms with Crippen LogP contribution in [-0.4, -0.2) is 37.9 Å². The molecule has 0 spiro atoms. The minimum atomic E-state index is -4.45. The van der Waals surface area contributed by atoms with E-state index in [1.54, 1.807) is 0 Å². The maximum Gasteiger partial charge on any atom is 0.166 e. The normalized spacial score (nSPS) is 43.4. The molecule has 1 unspecified atom stereocenters. The summed E-state index contributed by atoms with van der Waals surface area (Å²) in [5, 5.41) is 0. The van der Waals surface area contributed by atoms with Gasteiger partial charge in [-0.15, -0.1) is 0 Å². The molecule has 1 fully saturated rings. The van der Waals surface area contributed by atoms with E-state index in [-0.39, 0.29) is 16.4 Å². The second-order valence-corrected chi connectivity index (χ2v) is 5.75. The molecule has 0 radical (unpaired) electrons. The van der Waals surface area contributed by atoms with E-state index >= 15 is 0 Å². The number of likely N-dealkylation sites (tertiary alicyclic amines) is 1. The number of ether oxygens (including phenoxy) is 2. The molecule has 0 bridgehead atoms. The third kappa shape index (κ3) is 3.93. The van der Waals surface area contributed by atoms with Crippen molar-refractivity contribution in [2.24, 2.45) is 11.8 Å². The third-order valence-corrected chi connectivity index (χ3v) is 4.00. The predicted octanol–water partition coefficient (Wildman–Crippen LogP) is 4.36. The molecule has 2 aliphatic rings. The van der Waals surface area contributed by atoms with Crippen LogP contribution in [0.3, 0.4) is 0 Å². The molecule has 1 aliphatic carbocycles. The van der Waals surface area contributed by atoms with Crippen LogP contribution in [0.1, 0.15) is 66.6 Å². The van der Waals surface area contributed by atoms with Crippen molar-refractivity contribution < 1.29 is 40.3 Å². The van der Waals surface area contributed by atoms with Crippen molar-refractivity contribution >= 4 is 5.78 Å². The van der Waals surface area contributed by atoms with Crippen LogP contribution < -0.4 is 9.47 Å². The third-order valence-electron chi connectivity index (χ3n) is 4.00. The Labute approximate surface area is 194 Å². The molecule has 0 saturated carbocycles. The molecule has 0 amide bonds. The number of nitrogens with zero attached hydrogens (tertiary/aromatic N) is 1. The van der Waals surface area contributed by atoms with Crippen LogP contribution in [0.15, 0.2) is 42.3 Å². The zero-order valence-electron chi connectivity index (χ0n) is 34.0. The van der Waals surface area contributed by atoms with Gasteiger partial charge in [0.05, 0.1) is 21.1 Å². The van der Waals surface area contributed by atoms with E-state index in [1.807, 2.05) is 0 Å². The molecule has 0 N–H and O–H groups in total. The molecule has 2 aromatic carbocycles. The Hall–Kier alpha value is -2.33. The molecular formula is C24H29NO3. The van der Waals surface area contributed by atoms with Crippen LogP contribution in [0.2, 0.25) is 0 Å². The van der Waals surface area contributed by atoms with Gasteiger partial charge in [-0.25, -0.2) is 0 Å². The summed E-state index contributed by atoms with van der Waals surface area (Å²) >= 11 is 0. The summed E-state index contributed by atoms with van der Waals surface area (Å²) < 4.78 is 174. The average Bonchev–Trinajstić information content (AvgIpc) is 3.13. The van der Waals surface area contributed by atoms with Gasteiger partial charge in [0.15, 0.2) is 17.3 Å². The van der Waals surface area contributed by atoms with E-state index in [2.05, 4.69) is 0 Å². The fourth-order valence-corrected chi connectivity index (χ4v) is 2.67. The molecule has 28 heavy (non-hydrogen) atoms. The molecule has 1 saturated heterocycles. The Kier molecular flexibility index (Phi) is 2.05. The van der Waals surface area contributed by atoms with Gasteiger partial charge in [0.25, 0.3) is 0 Å². The molecule has 1 heterocycles. The van der Waals surface area contributed by atoms with Crippen molar-refractivity contribution in [3.63, 3.8) is 0 Å². The van der Waals surface area contributed by atoms with Gasteiger partial charge in [-0.2, -0.15) is 0 Å². The average molecular weight is 399 g/mol. The summed E-state index contributed by atoms with van der Waals surface area (Å²) in [5.74, 6) is -10.4. The van der Waals surface area contributed by atoms with Crippen molar-refractivity contribution in [3.05, 3.63) is 59.0 Å². The number of benzene rings is 2. The van der Waals surface area contributed by atoms with E-state index < -0.39 is 110 Å². The number of piperidine rings is 1. The lowest BCUT2D eigenvalue weighted by molar-refractivity contribution is 0.0895. The van der Waals surface area contributed by atoms with Crippen LogP contribution in [-0.2, 0) is 12.9 Å². The topological polar surface area (TPSA) is 38.8 Å². The van der Waals surface area contributed by atoms with Crippen LogP contribution in [0.4, 0.5) is 0 Å². The zero-order valence-corrected chi connectivity index (χ0v) is 15.0. The highest BCUT2D eigenvalue weighted by Gasteiger charge is 2.34. The summed E-state index contributed by atoms with van der Waals surface area (Å²) in [6, 6.07) is -2.74. The Morgan fingerprint density at radius 3 is 2.54 bits per heavy atom. The smallest absolute Gasteiger partial charge is 0.166 e. The summed E-state index contributed by atoms with van der Waals surface area (Å²) in [6.45, 7) is -9.33. The van der Waals surface area contributed by atoms with Gasteiger partial charge in [0, 0.05) is 37.2 Å². The van der Waals surface area contributed by atoms with Crippen LogP contribution >= 0.6 is 0 Å². The minimum absolute atomic E-state index is 0.153. The second-order valence-electron chi connectivity index (χ2n) is 5.75. The second kappa shape index (κ2) is 8.36. The van der Waals surface area contributed by atoms with Crippen molar-refractivity contribution in [2.45, 2.75) is 32.0 Å². The lowest BCUT2D eigenvalue weighted by Gasteiger charge is -2.32. The number of rotatable bonds is 6. The quantitative estimate of drug-likeness (QED) is 0.725. The van der Waals surface area contributed by atoms with Gasteiger partial charge in [-0.1, -0.05) is 30.2 Å². The van der Waals surface area contributed by atoms with Gasteiger partial charge in [0.2, 0.25) is 0 Å². The minimum Gasteiger partial charge on any atom is -0.493 e. The highest BCUT2D eigenvalue weighted by Crippen LogP contribution is 2.39. The largest absolute Gasteiger partial charge is 0.493 e. The molecule has 1 atom stereocenters. The van der Waals surface area contributed by atoms with Crippen LogP contribution in [0.5, 0.6) is 11.5 Å². The van der Waals surface area contributed by atoms with E-state index in [9.17, 15) is 4.79 Å². The molecular weight excluding hydrogens is 350 g/mol. The maximum absolute atomic E-state index is 13.9. The molecule has 4 heteroatoms. The highest BCUT2D eigenvalue weighted by atomic mass is 16.5.